The van der Waals surface area contributed by atoms with Crippen LogP contribution in [0.25, 0.3) is 11.2 Å². The highest BCUT2D eigenvalue weighted by Gasteiger charge is 2.54. The minimum absolute atomic E-state index is 0.0928. The molecule has 18 nitrogen and oxygen atoms in total. The van der Waals surface area contributed by atoms with Crippen LogP contribution in [0.1, 0.15) is 20.1 Å². The molecule has 4 rings (SSSR count). The lowest BCUT2D eigenvalue weighted by Gasteiger charge is -2.27. The number of rotatable bonds is 11. The summed E-state index contributed by atoms with van der Waals surface area (Å²) in [6.45, 7) is -1.82. The van der Waals surface area contributed by atoms with Crippen molar-refractivity contribution >= 4 is 53.1 Å². The van der Waals surface area contributed by atoms with Crippen LogP contribution in [0.15, 0.2) is 6.33 Å². The third-order valence-electron chi connectivity index (χ3n) is 6.19. The first-order valence-electron chi connectivity index (χ1n) is 11.8. The molecule has 7 atom stereocenters. The molecule has 0 radical (unpaired) electrons. The van der Waals surface area contributed by atoms with Gasteiger partial charge in [0.2, 0.25) is 11.8 Å². The Hall–Kier alpha value is -3.06. The van der Waals surface area contributed by atoms with E-state index in [-0.39, 0.29) is 28.7 Å². The Morgan fingerprint density at radius 2 is 2.12 bits per heavy atom. The summed E-state index contributed by atoms with van der Waals surface area (Å²) in [5, 5.41) is 29.1. The molecule has 4 heterocycles. The number of hydrogen-bond donors (Lipinski definition) is 6. The van der Waals surface area contributed by atoms with Gasteiger partial charge in [-0.3, -0.25) is 24.0 Å². The number of amides is 3. The number of urea groups is 1. The molecule has 20 heteroatoms. The number of nitrogen functional groups attached to an aromatic ring is 1. The van der Waals surface area contributed by atoms with Gasteiger partial charge in [-0.25, -0.2) is 14.9 Å². The summed E-state index contributed by atoms with van der Waals surface area (Å²) >= 11 is 0.653. The fraction of sp³-hybridized carbons (Fsp3) is 0.600. The van der Waals surface area contributed by atoms with Gasteiger partial charge in [0.15, 0.2) is 17.4 Å². The van der Waals surface area contributed by atoms with E-state index in [1.54, 1.807) is 0 Å². The predicted molar refractivity (Wildman–Crippen MR) is 138 cm³/mol. The third-order valence-corrected chi connectivity index (χ3v) is 10.3. The monoisotopic (exact) mass is 604 g/mol. The number of nitrogens with one attached hydrogen (secondary N) is 3. The van der Waals surface area contributed by atoms with E-state index in [1.807, 2.05) is 0 Å². The number of fused-ring (bicyclic) bond motifs is 1. The van der Waals surface area contributed by atoms with Crippen molar-refractivity contribution in [3.8, 4) is 5.88 Å². The molecule has 2 aliphatic rings. The number of imide groups is 1. The molecule has 2 aromatic rings. The number of aromatic nitrogens is 4. The number of carbonyl (C=O) groups is 3. The van der Waals surface area contributed by atoms with E-state index in [1.165, 1.54) is 31.9 Å². The van der Waals surface area contributed by atoms with Crippen molar-refractivity contribution in [3.63, 3.8) is 0 Å². The van der Waals surface area contributed by atoms with Crippen LogP contribution in [-0.4, -0.2) is 104 Å². The van der Waals surface area contributed by atoms with Gasteiger partial charge < -0.3 is 40.0 Å². The number of carbonyl (C=O) groups excluding carboxylic acids is 3. The van der Waals surface area contributed by atoms with Crippen molar-refractivity contribution in [1.29, 1.82) is 0 Å². The molecule has 2 aliphatic heterocycles. The zero-order valence-electron chi connectivity index (χ0n) is 21.8. The van der Waals surface area contributed by atoms with Gasteiger partial charge >= 0.3 is 18.7 Å². The van der Waals surface area contributed by atoms with Crippen LogP contribution in [0.5, 0.6) is 5.88 Å². The summed E-state index contributed by atoms with van der Waals surface area (Å²) in [7, 11) is 2.52. The van der Waals surface area contributed by atoms with Crippen LogP contribution in [0, 0.1) is 0 Å². The average molecular weight is 605 g/mol. The molecule has 0 spiro atoms. The SMILES string of the molecule is COC(=O)[C@@H](C)N[P@@](=O)(OC[C@H]1O[C@@H](n2cnc3c(OC)nc(N)nc32)[C@](C)(O)[C@@H]1O)SC[C@@H]1NC(=O)NC1=O. The molecule has 7 N–H and O–H groups in total. The predicted octanol–water partition coefficient (Wildman–Crippen LogP) is -1.36. The number of ether oxygens (including phenoxy) is 3. The van der Waals surface area contributed by atoms with Crippen molar-refractivity contribution in [2.24, 2.45) is 0 Å². The van der Waals surface area contributed by atoms with Gasteiger partial charge in [-0.05, 0) is 13.8 Å². The molecule has 0 unspecified atom stereocenters. The molecule has 0 saturated carbocycles. The largest absolute Gasteiger partial charge is 0.479 e. The molecule has 0 bridgehead atoms. The second-order valence-electron chi connectivity index (χ2n) is 9.09. The van der Waals surface area contributed by atoms with E-state index in [9.17, 15) is 29.2 Å². The molecule has 2 aromatic heterocycles. The number of hydrogen-bond acceptors (Lipinski definition) is 15. The fourth-order valence-corrected chi connectivity index (χ4v) is 7.96. The second-order valence-corrected chi connectivity index (χ2v) is 13.4. The number of aliphatic hydroxyl groups excluding tert-OH is 1. The average Bonchev–Trinajstić information content (AvgIpc) is 3.53. The number of anilines is 1. The number of aliphatic hydroxyl groups is 2. The second kappa shape index (κ2) is 11.4. The van der Waals surface area contributed by atoms with E-state index in [0.29, 0.717) is 11.4 Å². The zero-order valence-corrected chi connectivity index (χ0v) is 23.5. The molecule has 220 valence electrons. The summed E-state index contributed by atoms with van der Waals surface area (Å²) in [4.78, 5) is 47.6. The highest BCUT2D eigenvalue weighted by atomic mass is 32.7. The number of nitrogens with two attached hydrogens (primary N) is 1. The van der Waals surface area contributed by atoms with Crippen LogP contribution in [0.3, 0.4) is 0 Å². The molecular weight excluding hydrogens is 575 g/mol. The first-order valence-corrected chi connectivity index (χ1v) is 15.0. The maximum atomic E-state index is 13.7. The summed E-state index contributed by atoms with van der Waals surface area (Å²) in [5.74, 6) is -1.56. The van der Waals surface area contributed by atoms with E-state index >= 15 is 0 Å². The minimum atomic E-state index is -4.01. The van der Waals surface area contributed by atoms with Crippen LogP contribution >= 0.6 is 18.1 Å². The third kappa shape index (κ3) is 5.85. The van der Waals surface area contributed by atoms with E-state index < -0.39 is 67.4 Å². The maximum Gasteiger partial charge on any atom is 0.327 e. The van der Waals surface area contributed by atoms with Crippen LogP contribution < -0.4 is 26.2 Å². The van der Waals surface area contributed by atoms with Crippen LogP contribution in [0.4, 0.5) is 10.7 Å². The summed E-state index contributed by atoms with van der Waals surface area (Å²) < 4.78 is 36.5. The summed E-state index contributed by atoms with van der Waals surface area (Å²) in [6.07, 6.45) is -2.71. The van der Waals surface area contributed by atoms with Gasteiger partial charge in [0.1, 0.15) is 29.9 Å². The molecule has 2 saturated heterocycles. The molecule has 40 heavy (non-hydrogen) atoms. The van der Waals surface area contributed by atoms with E-state index in [4.69, 9.17) is 19.7 Å². The highest BCUT2D eigenvalue weighted by Crippen LogP contribution is 2.57. The quantitative estimate of drug-likeness (QED) is 0.0984. The van der Waals surface area contributed by atoms with Gasteiger partial charge in [0.25, 0.3) is 5.91 Å². The lowest BCUT2D eigenvalue weighted by atomic mass is 9.96. The number of nitrogens with zero attached hydrogens (tertiary/aromatic N) is 4. The van der Waals surface area contributed by atoms with Gasteiger partial charge in [0, 0.05) is 5.75 Å². The van der Waals surface area contributed by atoms with Crippen molar-refractivity contribution in [1.82, 2.24) is 35.2 Å². The molecule has 2 fully saturated rings. The van der Waals surface area contributed by atoms with Crippen molar-refractivity contribution in [2.45, 2.75) is 50.0 Å². The first kappa shape index (κ1) is 29.9. The van der Waals surface area contributed by atoms with Crippen molar-refractivity contribution in [3.05, 3.63) is 6.33 Å². The highest BCUT2D eigenvalue weighted by molar-refractivity contribution is 8.56. The summed E-state index contributed by atoms with van der Waals surface area (Å²) in [6, 6.07) is -2.78. The Balaban J connectivity index is 1.53. The van der Waals surface area contributed by atoms with Crippen molar-refractivity contribution < 1.29 is 47.9 Å². The Bertz CT molecular complexity index is 1360. The lowest BCUT2D eigenvalue weighted by Crippen LogP contribution is -2.44. The standard InChI is InChI=1S/C20H29N8O10PS/c1-8(16(31)36-4)27-39(34,40-6-9-14(30)25-19(32)23-9)37-5-10-12(29)20(2,33)17(38-10)28-7-22-11-13(28)24-18(21)26-15(11)35-3/h7-10,12,17,29,33H,5-6H2,1-4H3,(H,27,34)(H2,21,24,26)(H2,23,25,30,32)/t8-,9+,10-,12-,17-,20-,39-/m1/s1. The molecule has 0 aliphatic carbocycles. The normalized spacial score (nSPS) is 28.6. The smallest absolute Gasteiger partial charge is 0.327 e. The van der Waals surface area contributed by atoms with Gasteiger partial charge in [-0.15, -0.1) is 0 Å². The number of imidazole rings is 1. The Morgan fingerprint density at radius 3 is 2.75 bits per heavy atom. The van der Waals surface area contributed by atoms with Gasteiger partial charge in [0.05, 0.1) is 27.2 Å². The molecule has 0 aromatic carbocycles. The van der Waals surface area contributed by atoms with Crippen LogP contribution in [-0.2, 0) is 28.2 Å². The first-order chi connectivity index (χ1) is 18.8. The van der Waals surface area contributed by atoms with E-state index in [0.717, 1.165) is 7.11 Å². The van der Waals surface area contributed by atoms with Gasteiger partial charge in [-0.1, -0.05) is 11.4 Å². The minimum Gasteiger partial charge on any atom is -0.479 e. The number of methoxy groups -OCH3 is 2. The topological polar surface area (TPSA) is 251 Å². The zero-order chi connectivity index (χ0) is 29.4. The number of esters is 1. The summed E-state index contributed by atoms with van der Waals surface area (Å²) in [5.41, 5.74) is 4.25. The Morgan fingerprint density at radius 1 is 1.40 bits per heavy atom. The molecule has 3 amide bonds. The maximum absolute atomic E-state index is 13.7. The van der Waals surface area contributed by atoms with Crippen LogP contribution in [0.2, 0.25) is 0 Å². The van der Waals surface area contributed by atoms with Gasteiger partial charge in [-0.2, -0.15) is 9.97 Å². The Kier molecular flexibility index (Phi) is 8.55. The molecular formula is C20H29N8O10PS. The Labute approximate surface area is 230 Å². The fourth-order valence-electron chi connectivity index (χ4n) is 4.10. The van der Waals surface area contributed by atoms with E-state index in [2.05, 4.69) is 35.4 Å². The lowest BCUT2D eigenvalue weighted by molar-refractivity contribution is -0.142. The van der Waals surface area contributed by atoms with Crippen molar-refractivity contribution in [2.75, 3.05) is 32.3 Å².